The molecule has 0 amide bonds. The van der Waals surface area contributed by atoms with Gasteiger partial charge in [0.1, 0.15) is 12.0 Å². The van der Waals surface area contributed by atoms with Gasteiger partial charge in [-0.2, -0.15) is 0 Å². The molecule has 104 valence electrons. The highest BCUT2D eigenvalue weighted by Gasteiger charge is 2.22. The molecule has 2 atom stereocenters. The van der Waals surface area contributed by atoms with Gasteiger partial charge in [0.25, 0.3) is 0 Å². The zero-order valence-corrected chi connectivity index (χ0v) is 11.9. The summed E-state index contributed by atoms with van der Waals surface area (Å²) in [5.41, 5.74) is 2.69. The first kappa shape index (κ1) is 13.2. The van der Waals surface area contributed by atoms with Crippen molar-refractivity contribution in [1.82, 2.24) is 5.32 Å². The number of ether oxygens (including phenoxy) is 1. The van der Waals surface area contributed by atoms with E-state index in [9.17, 15) is 0 Å². The smallest absolute Gasteiger partial charge is 0.150 e. The molecule has 2 aromatic carbocycles. The number of hydrogen-bond donors (Lipinski definition) is 1. The van der Waals surface area contributed by atoms with Gasteiger partial charge in [-0.05, 0) is 43.4 Å². The average Bonchev–Trinajstić information content (AvgIpc) is 2.51. The standard InChI is InChI=1S/C18H21NO/c1-14-7-10-17(11-8-14)20-18-12-9-16(13-19-18)15-5-3-2-4-6-15/h2-8,10-11,16,18-19H,9,12-13H2,1H3. The van der Waals surface area contributed by atoms with Crippen LogP contribution in [0.1, 0.15) is 29.9 Å². The van der Waals surface area contributed by atoms with Crippen LogP contribution in [0.3, 0.4) is 0 Å². The third-order valence-corrected chi connectivity index (χ3v) is 3.94. The van der Waals surface area contributed by atoms with Crippen molar-refractivity contribution in [3.8, 4) is 5.75 Å². The highest BCUT2D eigenvalue weighted by atomic mass is 16.5. The van der Waals surface area contributed by atoms with Crippen LogP contribution in [-0.4, -0.2) is 12.8 Å². The van der Waals surface area contributed by atoms with Crippen molar-refractivity contribution >= 4 is 0 Å². The molecule has 3 rings (SSSR count). The van der Waals surface area contributed by atoms with Crippen LogP contribution in [0, 0.1) is 6.92 Å². The summed E-state index contributed by atoms with van der Waals surface area (Å²) in [4.78, 5) is 0. The molecule has 1 fully saturated rings. The second-order valence-corrected chi connectivity index (χ2v) is 5.51. The second kappa shape index (κ2) is 6.10. The van der Waals surface area contributed by atoms with Crippen molar-refractivity contribution in [2.24, 2.45) is 0 Å². The summed E-state index contributed by atoms with van der Waals surface area (Å²) in [6.07, 6.45) is 2.36. The lowest BCUT2D eigenvalue weighted by Gasteiger charge is -2.30. The van der Waals surface area contributed by atoms with Crippen LogP contribution in [0.25, 0.3) is 0 Å². The van der Waals surface area contributed by atoms with Gasteiger partial charge in [0, 0.05) is 6.54 Å². The minimum absolute atomic E-state index is 0.137. The topological polar surface area (TPSA) is 21.3 Å². The molecule has 0 radical (unpaired) electrons. The van der Waals surface area contributed by atoms with Gasteiger partial charge < -0.3 is 4.74 Å². The summed E-state index contributed by atoms with van der Waals surface area (Å²) >= 11 is 0. The first-order chi connectivity index (χ1) is 9.81. The SMILES string of the molecule is Cc1ccc(OC2CCC(c3ccccc3)CN2)cc1. The first-order valence-electron chi connectivity index (χ1n) is 7.33. The summed E-state index contributed by atoms with van der Waals surface area (Å²) in [6.45, 7) is 3.08. The van der Waals surface area contributed by atoms with Crippen molar-refractivity contribution in [1.29, 1.82) is 0 Å². The van der Waals surface area contributed by atoms with Crippen LogP contribution in [0.2, 0.25) is 0 Å². The normalized spacial score (nSPS) is 22.4. The number of benzene rings is 2. The maximum absolute atomic E-state index is 5.98. The summed E-state index contributed by atoms with van der Waals surface area (Å²) in [6, 6.07) is 19.0. The second-order valence-electron chi connectivity index (χ2n) is 5.51. The predicted molar refractivity (Wildman–Crippen MR) is 82.0 cm³/mol. The maximum atomic E-state index is 5.98. The quantitative estimate of drug-likeness (QED) is 0.911. The van der Waals surface area contributed by atoms with Crippen LogP contribution < -0.4 is 10.1 Å². The molecule has 1 aliphatic heterocycles. The predicted octanol–water partition coefficient (Wildman–Crippen LogP) is 3.87. The van der Waals surface area contributed by atoms with E-state index in [2.05, 4.69) is 54.7 Å². The van der Waals surface area contributed by atoms with E-state index in [4.69, 9.17) is 4.74 Å². The Bertz CT molecular complexity index is 527. The largest absolute Gasteiger partial charge is 0.475 e. The molecule has 1 saturated heterocycles. The highest BCUT2D eigenvalue weighted by Crippen LogP contribution is 2.26. The van der Waals surface area contributed by atoms with Gasteiger partial charge in [0.2, 0.25) is 0 Å². The third-order valence-electron chi connectivity index (χ3n) is 3.94. The van der Waals surface area contributed by atoms with E-state index in [-0.39, 0.29) is 6.23 Å². The number of piperidine rings is 1. The fourth-order valence-electron chi connectivity index (χ4n) is 2.72. The molecule has 2 heteroatoms. The number of nitrogens with one attached hydrogen (secondary N) is 1. The van der Waals surface area contributed by atoms with Crippen LogP contribution in [-0.2, 0) is 0 Å². The summed E-state index contributed by atoms with van der Waals surface area (Å²) < 4.78 is 5.98. The zero-order chi connectivity index (χ0) is 13.8. The van der Waals surface area contributed by atoms with Gasteiger partial charge in [-0.25, -0.2) is 0 Å². The van der Waals surface area contributed by atoms with E-state index in [1.54, 1.807) is 0 Å². The molecular formula is C18H21NO. The first-order valence-corrected chi connectivity index (χ1v) is 7.33. The Kier molecular flexibility index (Phi) is 4.03. The molecule has 0 aromatic heterocycles. The Morgan fingerprint density at radius 3 is 2.35 bits per heavy atom. The average molecular weight is 267 g/mol. The van der Waals surface area contributed by atoms with Crippen LogP contribution in [0.15, 0.2) is 54.6 Å². The van der Waals surface area contributed by atoms with E-state index in [0.29, 0.717) is 5.92 Å². The molecule has 1 N–H and O–H groups in total. The Morgan fingerprint density at radius 2 is 1.70 bits per heavy atom. The van der Waals surface area contributed by atoms with Gasteiger partial charge >= 0.3 is 0 Å². The van der Waals surface area contributed by atoms with E-state index in [0.717, 1.165) is 18.7 Å². The molecule has 2 unspecified atom stereocenters. The van der Waals surface area contributed by atoms with E-state index in [1.165, 1.54) is 17.5 Å². The van der Waals surface area contributed by atoms with Gasteiger partial charge in [0.05, 0.1) is 0 Å². The minimum Gasteiger partial charge on any atom is -0.475 e. The molecule has 1 aliphatic rings. The molecule has 2 nitrogen and oxygen atoms in total. The Hall–Kier alpha value is -1.80. The Labute approximate surface area is 120 Å². The van der Waals surface area contributed by atoms with Crippen molar-refractivity contribution in [3.63, 3.8) is 0 Å². The monoisotopic (exact) mass is 267 g/mol. The number of aryl methyl sites for hydroxylation is 1. The van der Waals surface area contributed by atoms with Gasteiger partial charge in [0.15, 0.2) is 0 Å². The number of rotatable bonds is 3. The van der Waals surface area contributed by atoms with Gasteiger partial charge in [-0.1, -0.05) is 48.0 Å². The van der Waals surface area contributed by atoms with Crippen molar-refractivity contribution < 1.29 is 4.74 Å². The van der Waals surface area contributed by atoms with Crippen LogP contribution >= 0.6 is 0 Å². The van der Waals surface area contributed by atoms with Crippen molar-refractivity contribution in [2.45, 2.75) is 31.9 Å². The lowest BCUT2D eigenvalue weighted by atomic mass is 9.91. The van der Waals surface area contributed by atoms with Gasteiger partial charge in [-0.15, -0.1) is 0 Å². The molecule has 0 spiro atoms. The fourth-order valence-corrected chi connectivity index (χ4v) is 2.72. The third kappa shape index (κ3) is 3.20. The molecular weight excluding hydrogens is 246 g/mol. The minimum atomic E-state index is 0.137. The highest BCUT2D eigenvalue weighted by molar-refractivity contribution is 5.26. The fraction of sp³-hybridized carbons (Fsp3) is 0.333. The molecule has 20 heavy (non-hydrogen) atoms. The van der Waals surface area contributed by atoms with Crippen LogP contribution in [0.4, 0.5) is 0 Å². The lowest BCUT2D eigenvalue weighted by molar-refractivity contribution is 0.125. The Balaban J connectivity index is 1.55. The molecule has 0 aliphatic carbocycles. The Morgan fingerprint density at radius 1 is 0.950 bits per heavy atom. The van der Waals surface area contributed by atoms with Crippen molar-refractivity contribution in [3.05, 3.63) is 65.7 Å². The molecule has 0 saturated carbocycles. The molecule has 0 bridgehead atoms. The van der Waals surface area contributed by atoms with E-state index in [1.807, 2.05) is 12.1 Å². The summed E-state index contributed by atoms with van der Waals surface area (Å²) in [5, 5.41) is 3.51. The number of hydrogen-bond acceptors (Lipinski definition) is 2. The summed E-state index contributed by atoms with van der Waals surface area (Å²) in [7, 11) is 0. The van der Waals surface area contributed by atoms with E-state index < -0.39 is 0 Å². The zero-order valence-electron chi connectivity index (χ0n) is 11.9. The van der Waals surface area contributed by atoms with E-state index >= 15 is 0 Å². The van der Waals surface area contributed by atoms with Crippen LogP contribution in [0.5, 0.6) is 5.75 Å². The maximum Gasteiger partial charge on any atom is 0.150 e. The summed E-state index contributed by atoms with van der Waals surface area (Å²) in [5.74, 6) is 1.56. The lowest BCUT2D eigenvalue weighted by Crippen LogP contribution is -2.41. The molecule has 2 aromatic rings. The van der Waals surface area contributed by atoms with Gasteiger partial charge in [-0.3, -0.25) is 5.32 Å². The van der Waals surface area contributed by atoms with Crippen molar-refractivity contribution in [2.75, 3.05) is 6.54 Å². The molecule has 1 heterocycles.